The van der Waals surface area contributed by atoms with Crippen LogP contribution in [0, 0.1) is 17.5 Å². The molecule has 0 saturated carbocycles. The number of hydrogen-bond donors (Lipinski definition) is 0. The van der Waals surface area contributed by atoms with E-state index in [4.69, 9.17) is 11.6 Å². The Morgan fingerprint density at radius 1 is 1.11 bits per heavy atom. The molecule has 7 heteroatoms. The molecular weight excluding hydrogens is 416 g/mol. The summed E-state index contributed by atoms with van der Waals surface area (Å²) in [7, 11) is 0. The molecule has 2 rings (SSSR count). The van der Waals surface area contributed by atoms with E-state index in [2.05, 4.69) is 31.9 Å². The minimum atomic E-state index is -1.47. The topological polar surface area (TPSA) is 0 Å². The van der Waals surface area contributed by atoms with E-state index >= 15 is 0 Å². The molecular formula is C11H4Br2ClF3S. The third-order valence-corrected chi connectivity index (χ3v) is 6.08. The van der Waals surface area contributed by atoms with Crippen LogP contribution < -0.4 is 0 Å². The third-order valence-electron chi connectivity index (χ3n) is 2.21. The predicted molar refractivity (Wildman–Crippen MR) is 74.1 cm³/mol. The van der Waals surface area contributed by atoms with Crippen molar-refractivity contribution in [3.05, 3.63) is 54.9 Å². The van der Waals surface area contributed by atoms with Crippen LogP contribution in [0.15, 0.2) is 22.0 Å². The zero-order valence-electron chi connectivity index (χ0n) is 8.49. The number of hydrogen-bond acceptors (Lipinski definition) is 1. The van der Waals surface area contributed by atoms with Crippen LogP contribution >= 0.6 is 54.8 Å². The lowest BCUT2D eigenvalue weighted by Gasteiger charge is -2.08. The van der Waals surface area contributed by atoms with Crippen LogP contribution in [-0.4, -0.2) is 0 Å². The summed E-state index contributed by atoms with van der Waals surface area (Å²) in [6.07, 6.45) is 0. The molecule has 0 aliphatic heterocycles. The van der Waals surface area contributed by atoms with Crippen molar-refractivity contribution in [2.75, 3.05) is 0 Å². The van der Waals surface area contributed by atoms with E-state index in [1.54, 1.807) is 6.07 Å². The average molecular weight is 420 g/mol. The van der Waals surface area contributed by atoms with Gasteiger partial charge in [0.2, 0.25) is 0 Å². The van der Waals surface area contributed by atoms with Gasteiger partial charge in [-0.2, -0.15) is 0 Å². The van der Waals surface area contributed by atoms with Gasteiger partial charge in [0.25, 0.3) is 0 Å². The molecule has 0 spiro atoms. The first-order valence-electron chi connectivity index (χ1n) is 4.63. The normalized spacial score (nSPS) is 12.8. The highest BCUT2D eigenvalue weighted by molar-refractivity contribution is 9.11. The highest BCUT2D eigenvalue weighted by atomic mass is 79.9. The van der Waals surface area contributed by atoms with Gasteiger partial charge in [0.1, 0.15) is 0 Å². The number of thiophene rings is 1. The summed E-state index contributed by atoms with van der Waals surface area (Å²) in [5, 5.41) is 0.516. The van der Waals surface area contributed by atoms with E-state index in [-0.39, 0.29) is 5.56 Å². The van der Waals surface area contributed by atoms with Crippen LogP contribution in [0.25, 0.3) is 0 Å². The van der Waals surface area contributed by atoms with Crippen molar-refractivity contribution in [2.45, 2.75) is 4.83 Å². The molecule has 0 amide bonds. The molecule has 0 nitrogen and oxygen atoms in total. The molecule has 1 aromatic carbocycles. The molecule has 96 valence electrons. The van der Waals surface area contributed by atoms with E-state index < -0.39 is 22.3 Å². The molecule has 0 N–H and O–H groups in total. The second-order valence-electron chi connectivity index (χ2n) is 3.43. The van der Waals surface area contributed by atoms with Gasteiger partial charge in [0.05, 0.1) is 13.6 Å². The Morgan fingerprint density at radius 3 is 2.11 bits per heavy atom. The summed E-state index contributed by atoms with van der Waals surface area (Å²) in [5.74, 6) is -3.89. The molecule has 1 atom stereocenters. The molecule has 0 radical (unpaired) electrons. The first-order chi connectivity index (χ1) is 8.40. The zero-order valence-corrected chi connectivity index (χ0v) is 13.2. The second-order valence-corrected chi connectivity index (χ2v) is 7.16. The number of halogens is 6. The van der Waals surface area contributed by atoms with Gasteiger partial charge in [-0.05, 0) is 39.7 Å². The molecule has 1 unspecified atom stereocenters. The molecule has 0 aliphatic rings. The van der Waals surface area contributed by atoms with E-state index in [1.165, 1.54) is 11.3 Å². The van der Waals surface area contributed by atoms with Crippen molar-refractivity contribution in [1.82, 2.24) is 0 Å². The molecule has 1 aromatic heterocycles. The lowest BCUT2D eigenvalue weighted by Crippen LogP contribution is -1.97. The van der Waals surface area contributed by atoms with Crippen LogP contribution in [0.2, 0.25) is 5.02 Å². The minimum Gasteiger partial charge on any atom is -0.204 e. The Hall–Kier alpha value is -0.0400. The smallest absolute Gasteiger partial charge is 0.194 e. The highest BCUT2D eigenvalue weighted by Gasteiger charge is 2.19. The molecule has 0 bridgehead atoms. The Bertz CT molecular complexity index is 557. The van der Waals surface area contributed by atoms with Crippen LogP contribution in [0.4, 0.5) is 13.2 Å². The maximum atomic E-state index is 13.1. The summed E-state index contributed by atoms with van der Waals surface area (Å²) < 4.78 is 39.8. The maximum absolute atomic E-state index is 13.1. The van der Waals surface area contributed by atoms with Crippen LogP contribution in [0.3, 0.4) is 0 Å². The summed E-state index contributed by atoms with van der Waals surface area (Å²) in [6, 6.07) is 3.59. The fourth-order valence-electron chi connectivity index (χ4n) is 1.37. The van der Waals surface area contributed by atoms with Crippen LogP contribution in [0.1, 0.15) is 15.3 Å². The van der Waals surface area contributed by atoms with Gasteiger partial charge in [-0.3, -0.25) is 0 Å². The molecule has 1 heterocycles. The number of benzene rings is 1. The highest BCUT2D eigenvalue weighted by Crippen LogP contribution is 2.41. The Morgan fingerprint density at radius 2 is 1.67 bits per heavy atom. The zero-order chi connectivity index (χ0) is 13.4. The van der Waals surface area contributed by atoms with Gasteiger partial charge < -0.3 is 0 Å². The van der Waals surface area contributed by atoms with Crippen molar-refractivity contribution in [3.8, 4) is 0 Å². The summed E-state index contributed by atoms with van der Waals surface area (Å²) in [6.45, 7) is 0. The Balaban J connectivity index is 2.42. The van der Waals surface area contributed by atoms with E-state index in [9.17, 15) is 13.2 Å². The molecule has 0 fully saturated rings. The van der Waals surface area contributed by atoms with Gasteiger partial charge in [-0.15, -0.1) is 11.3 Å². The fourth-order valence-corrected chi connectivity index (χ4v) is 3.80. The van der Waals surface area contributed by atoms with Crippen molar-refractivity contribution >= 4 is 54.8 Å². The predicted octanol–water partition coefficient (Wildman–Crippen LogP) is 6.07. The first-order valence-corrected chi connectivity index (χ1v) is 7.53. The molecule has 18 heavy (non-hydrogen) atoms. The first kappa shape index (κ1) is 14.4. The van der Waals surface area contributed by atoms with Gasteiger partial charge in [-0.1, -0.05) is 27.5 Å². The van der Waals surface area contributed by atoms with Gasteiger partial charge in [0, 0.05) is 4.88 Å². The standard InChI is InChI=1S/C11H4Br2ClF3S/c12-9(8-3-5(14)11(13)18-8)4-1-6(15)10(17)7(16)2-4/h1-3,9H. The monoisotopic (exact) mass is 418 g/mol. The van der Waals surface area contributed by atoms with Crippen molar-refractivity contribution < 1.29 is 13.2 Å². The maximum Gasteiger partial charge on any atom is 0.194 e. The van der Waals surface area contributed by atoms with Gasteiger partial charge >= 0.3 is 0 Å². The van der Waals surface area contributed by atoms with Crippen molar-refractivity contribution in [1.29, 1.82) is 0 Å². The lowest BCUT2D eigenvalue weighted by molar-refractivity contribution is 0.445. The quantitative estimate of drug-likeness (QED) is 0.409. The SMILES string of the molecule is Fc1cc(C(Br)c2cc(Cl)c(Br)s2)cc(F)c1F. The fraction of sp³-hybridized carbons (Fsp3) is 0.0909. The second kappa shape index (κ2) is 5.53. The summed E-state index contributed by atoms with van der Waals surface area (Å²) in [5.41, 5.74) is 0.289. The minimum absolute atomic E-state index is 0.289. The Kier molecular flexibility index (Phi) is 4.41. The Labute approximate surface area is 127 Å². The van der Waals surface area contributed by atoms with Crippen LogP contribution in [-0.2, 0) is 0 Å². The van der Waals surface area contributed by atoms with Gasteiger partial charge in [0.15, 0.2) is 17.5 Å². The van der Waals surface area contributed by atoms with E-state index in [0.29, 0.717) is 5.02 Å². The van der Waals surface area contributed by atoms with Crippen molar-refractivity contribution in [2.24, 2.45) is 0 Å². The average Bonchev–Trinajstić information content (AvgIpc) is 2.65. The molecule has 0 aliphatic carbocycles. The largest absolute Gasteiger partial charge is 0.204 e. The lowest BCUT2D eigenvalue weighted by atomic mass is 10.1. The van der Waals surface area contributed by atoms with Crippen LogP contribution in [0.5, 0.6) is 0 Å². The molecule has 0 saturated heterocycles. The third kappa shape index (κ3) is 2.76. The molecule has 2 aromatic rings. The van der Waals surface area contributed by atoms with E-state index in [1.807, 2.05) is 0 Å². The number of rotatable bonds is 2. The summed E-state index contributed by atoms with van der Waals surface area (Å²) in [4.78, 5) is 0.313. The summed E-state index contributed by atoms with van der Waals surface area (Å²) >= 11 is 13.8. The van der Waals surface area contributed by atoms with Crippen molar-refractivity contribution in [3.63, 3.8) is 0 Å². The number of alkyl halides is 1. The van der Waals surface area contributed by atoms with E-state index in [0.717, 1.165) is 20.8 Å². The van der Waals surface area contributed by atoms with Gasteiger partial charge in [-0.25, -0.2) is 13.2 Å².